The normalized spacial score (nSPS) is 10.5. The number of hydrogen-bond donors (Lipinski definition) is 0. The van der Waals surface area contributed by atoms with Gasteiger partial charge in [0.2, 0.25) is 5.89 Å². The molecule has 0 atom stereocenters. The molecule has 0 spiro atoms. The van der Waals surface area contributed by atoms with E-state index in [9.17, 15) is 0 Å². The highest BCUT2D eigenvalue weighted by molar-refractivity contribution is 6.30. The molecule has 118 valence electrons. The van der Waals surface area contributed by atoms with Crippen LogP contribution in [0.5, 0.6) is 11.5 Å². The summed E-state index contributed by atoms with van der Waals surface area (Å²) in [6.45, 7) is 2.77. The maximum absolute atomic E-state index is 5.95. The maximum atomic E-state index is 5.95. The average Bonchev–Trinajstić information content (AvgIpc) is 3.04. The van der Waals surface area contributed by atoms with E-state index in [1.807, 2.05) is 43.3 Å². The summed E-state index contributed by atoms with van der Waals surface area (Å²) >= 11 is 5.95. The van der Waals surface area contributed by atoms with Gasteiger partial charge in [-0.15, -0.1) is 10.2 Å². The van der Waals surface area contributed by atoms with Gasteiger partial charge < -0.3 is 13.9 Å². The van der Waals surface area contributed by atoms with Crippen molar-refractivity contribution in [3.63, 3.8) is 0 Å². The number of hydrogen-bond acceptors (Lipinski definition) is 5. The number of rotatable bonds is 6. The summed E-state index contributed by atoms with van der Waals surface area (Å²) in [5, 5.41) is 8.60. The first kappa shape index (κ1) is 15.4. The zero-order valence-electron chi connectivity index (χ0n) is 12.5. The second-order valence-electron chi connectivity index (χ2n) is 4.70. The van der Waals surface area contributed by atoms with E-state index in [4.69, 9.17) is 25.5 Å². The van der Waals surface area contributed by atoms with Crippen LogP contribution < -0.4 is 9.47 Å². The van der Waals surface area contributed by atoms with Crippen LogP contribution in [0.2, 0.25) is 5.02 Å². The molecule has 2 aromatic carbocycles. The largest absolute Gasteiger partial charge is 0.494 e. The molecule has 1 aromatic heterocycles. The molecule has 0 radical (unpaired) electrons. The van der Waals surface area contributed by atoms with E-state index in [2.05, 4.69) is 10.2 Å². The third-order valence-corrected chi connectivity index (χ3v) is 3.27. The monoisotopic (exact) mass is 330 g/mol. The van der Waals surface area contributed by atoms with Crippen LogP contribution >= 0.6 is 11.6 Å². The van der Waals surface area contributed by atoms with Gasteiger partial charge in [0.15, 0.2) is 6.61 Å². The van der Waals surface area contributed by atoms with Gasteiger partial charge in [-0.3, -0.25) is 0 Å². The first-order chi connectivity index (χ1) is 11.2. The van der Waals surface area contributed by atoms with Crippen molar-refractivity contribution in [3.8, 4) is 23.0 Å². The SMILES string of the molecule is CCOc1ccc(OCc2nnc(-c3cccc(Cl)c3)o2)cc1. The van der Waals surface area contributed by atoms with Gasteiger partial charge in [0.05, 0.1) is 6.61 Å². The van der Waals surface area contributed by atoms with Gasteiger partial charge in [0, 0.05) is 10.6 Å². The van der Waals surface area contributed by atoms with Crippen LogP contribution in [0.25, 0.3) is 11.5 Å². The van der Waals surface area contributed by atoms with Crippen LogP contribution in [-0.4, -0.2) is 16.8 Å². The summed E-state index contributed by atoms with van der Waals surface area (Å²) in [6, 6.07) is 14.6. The van der Waals surface area contributed by atoms with Crippen LogP contribution in [0.4, 0.5) is 0 Å². The molecule has 23 heavy (non-hydrogen) atoms. The fourth-order valence-corrected chi connectivity index (χ4v) is 2.18. The molecule has 0 aliphatic rings. The first-order valence-electron chi connectivity index (χ1n) is 7.18. The number of ether oxygens (including phenoxy) is 2. The molecule has 3 rings (SSSR count). The Hall–Kier alpha value is -2.53. The first-order valence-corrected chi connectivity index (χ1v) is 7.56. The van der Waals surface area contributed by atoms with E-state index < -0.39 is 0 Å². The van der Waals surface area contributed by atoms with Crippen molar-refractivity contribution < 1.29 is 13.9 Å². The quantitative estimate of drug-likeness (QED) is 0.671. The molecule has 6 heteroatoms. The summed E-state index contributed by atoms with van der Waals surface area (Å²) in [5.41, 5.74) is 0.775. The smallest absolute Gasteiger partial charge is 0.254 e. The molecule has 0 aliphatic heterocycles. The van der Waals surface area contributed by atoms with E-state index >= 15 is 0 Å². The zero-order valence-corrected chi connectivity index (χ0v) is 13.3. The predicted octanol–water partition coefficient (Wildman–Crippen LogP) is 4.37. The lowest BCUT2D eigenvalue weighted by Gasteiger charge is -2.05. The summed E-state index contributed by atoms with van der Waals surface area (Å²) in [4.78, 5) is 0. The van der Waals surface area contributed by atoms with Gasteiger partial charge in [0.1, 0.15) is 11.5 Å². The Morgan fingerprint density at radius 2 is 1.74 bits per heavy atom. The molecule has 0 saturated heterocycles. The van der Waals surface area contributed by atoms with Crippen LogP contribution in [-0.2, 0) is 6.61 Å². The number of benzene rings is 2. The molecule has 0 fully saturated rings. The Bertz CT molecular complexity index is 772. The van der Waals surface area contributed by atoms with Crippen LogP contribution in [0, 0.1) is 0 Å². The van der Waals surface area contributed by atoms with Gasteiger partial charge >= 0.3 is 0 Å². The molecule has 0 aliphatic carbocycles. The number of nitrogens with zero attached hydrogens (tertiary/aromatic N) is 2. The summed E-state index contributed by atoms with van der Waals surface area (Å²) in [6.07, 6.45) is 0. The van der Waals surface area contributed by atoms with E-state index in [1.54, 1.807) is 12.1 Å². The Morgan fingerprint density at radius 1 is 1.00 bits per heavy atom. The lowest BCUT2D eigenvalue weighted by Crippen LogP contribution is -1.96. The van der Waals surface area contributed by atoms with Gasteiger partial charge in [-0.2, -0.15) is 0 Å². The lowest BCUT2D eigenvalue weighted by atomic mass is 10.2. The molecule has 0 N–H and O–H groups in total. The molecule has 1 heterocycles. The third-order valence-electron chi connectivity index (χ3n) is 3.04. The van der Waals surface area contributed by atoms with Crippen molar-refractivity contribution in [2.75, 3.05) is 6.61 Å². The predicted molar refractivity (Wildman–Crippen MR) is 86.7 cm³/mol. The Morgan fingerprint density at radius 3 is 2.43 bits per heavy atom. The Balaban J connectivity index is 1.63. The fourth-order valence-electron chi connectivity index (χ4n) is 1.99. The van der Waals surface area contributed by atoms with Crippen LogP contribution in [0.15, 0.2) is 52.9 Å². The highest BCUT2D eigenvalue weighted by Gasteiger charge is 2.09. The Kier molecular flexibility index (Phi) is 4.78. The highest BCUT2D eigenvalue weighted by Crippen LogP contribution is 2.22. The van der Waals surface area contributed by atoms with E-state index in [-0.39, 0.29) is 6.61 Å². The fraction of sp³-hybridized carbons (Fsp3) is 0.176. The van der Waals surface area contributed by atoms with Crippen molar-refractivity contribution in [2.45, 2.75) is 13.5 Å². The molecule has 0 saturated carbocycles. The van der Waals surface area contributed by atoms with Crippen molar-refractivity contribution in [3.05, 3.63) is 59.4 Å². The molecular weight excluding hydrogens is 316 g/mol. The summed E-state index contributed by atoms with van der Waals surface area (Å²) in [7, 11) is 0. The van der Waals surface area contributed by atoms with Gasteiger partial charge in [0.25, 0.3) is 5.89 Å². The molecule has 0 unspecified atom stereocenters. The highest BCUT2D eigenvalue weighted by atomic mass is 35.5. The van der Waals surface area contributed by atoms with Crippen LogP contribution in [0.1, 0.15) is 12.8 Å². The van der Waals surface area contributed by atoms with Crippen molar-refractivity contribution in [1.29, 1.82) is 0 Å². The van der Waals surface area contributed by atoms with E-state index in [1.165, 1.54) is 0 Å². The van der Waals surface area contributed by atoms with E-state index in [0.29, 0.717) is 29.2 Å². The topological polar surface area (TPSA) is 57.4 Å². The second-order valence-corrected chi connectivity index (χ2v) is 5.14. The van der Waals surface area contributed by atoms with Crippen molar-refractivity contribution >= 4 is 11.6 Å². The molecule has 5 nitrogen and oxygen atoms in total. The summed E-state index contributed by atoms with van der Waals surface area (Å²) < 4.78 is 16.6. The molecule has 3 aromatic rings. The number of aromatic nitrogens is 2. The minimum Gasteiger partial charge on any atom is -0.494 e. The molecule has 0 bridgehead atoms. The van der Waals surface area contributed by atoms with E-state index in [0.717, 1.165) is 11.3 Å². The van der Waals surface area contributed by atoms with Crippen molar-refractivity contribution in [1.82, 2.24) is 10.2 Å². The molecular formula is C17H15ClN2O3. The third kappa shape index (κ3) is 4.02. The Labute approximate surface area is 138 Å². The minimum atomic E-state index is 0.196. The van der Waals surface area contributed by atoms with Crippen LogP contribution in [0.3, 0.4) is 0 Å². The standard InChI is InChI=1S/C17H15ClN2O3/c1-2-21-14-6-8-15(9-7-14)22-11-16-19-20-17(23-16)12-4-3-5-13(18)10-12/h3-10H,2,11H2,1H3. The van der Waals surface area contributed by atoms with Crippen molar-refractivity contribution in [2.24, 2.45) is 0 Å². The lowest BCUT2D eigenvalue weighted by molar-refractivity contribution is 0.264. The minimum absolute atomic E-state index is 0.196. The van der Waals surface area contributed by atoms with Gasteiger partial charge in [-0.1, -0.05) is 17.7 Å². The zero-order chi connectivity index (χ0) is 16.1. The summed E-state index contributed by atoms with van der Waals surface area (Å²) in [5.74, 6) is 2.32. The van der Waals surface area contributed by atoms with Gasteiger partial charge in [-0.25, -0.2) is 0 Å². The number of halogens is 1. The average molecular weight is 331 g/mol. The molecule has 0 amide bonds. The second kappa shape index (κ2) is 7.15. The van der Waals surface area contributed by atoms with Gasteiger partial charge in [-0.05, 0) is 49.4 Å². The maximum Gasteiger partial charge on any atom is 0.254 e.